The van der Waals surface area contributed by atoms with Gasteiger partial charge in [0.1, 0.15) is 5.82 Å². The van der Waals surface area contributed by atoms with Gasteiger partial charge in [-0.2, -0.15) is 0 Å². The highest BCUT2D eigenvalue weighted by atomic mass is 35.5. The number of carbonyl (C=O) groups is 2. The summed E-state index contributed by atoms with van der Waals surface area (Å²) in [5, 5.41) is 2.18. The van der Waals surface area contributed by atoms with E-state index in [4.69, 9.17) is 11.6 Å². The predicted octanol–water partition coefficient (Wildman–Crippen LogP) is 3.55. The third-order valence-electron chi connectivity index (χ3n) is 2.69. The molecule has 2 rings (SSSR count). The van der Waals surface area contributed by atoms with Crippen molar-refractivity contribution >= 4 is 29.2 Å². The third-order valence-corrected chi connectivity index (χ3v) is 3.02. The Morgan fingerprint density at radius 1 is 1.04 bits per heavy atom. The van der Waals surface area contributed by atoms with Gasteiger partial charge in [0.15, 0.2) is 18.2 Å². The van der Waals surface area contributed by atoms with Gasteiger partial charge in [-0.25, -0.2) is 18.0 Å². The first-order valence-corrected chi connectivity index (χ1v) is 6.61. The molecule has 1 N–H and O–H groups in total. The largest absolute Gasteiger partial charge is 0.452 e. The molecule has 120 valence electrons. The van der Waals surface area contributed by atoms with Gasteiger partial charge >= 0.3 is 5.97 Å². The zero-order valence-electron chi connectivity index (χ0n) is 11.4. The van der Waals surface area contributed by atoms with Crippen LogP contribution >= 0.6 is 11.6 Å². The number of benzene rings is 2. The van der Waals surface area contributed by atoms with E-state index in [9.17, 15) is 22.8 Å². The molecule has 0 spiro atoms. The van der Waals surface area contributed by atoms with E-state index in [1.54, 1.807) is 0 Å². The first-order chi connectivity index (χ1) is 10.9. The van der Waals surface area contributed by atoms with Crippen LogP contribution in [0.5, 0.6) is 0 Å². The SMILES string of the molecule is O=C(COC(=O)c1cc(F)ccc1Cl)Nc1ccc(F)c(F)c1. The molecule has 0 bridgehead atoms. The van der Waals surface area contributed by atoms with Crippen molar-refractivity contribution in [3.8, 4) is 0 Å². The van der Waals surface area contributed by atoms with E-state index in [1.807, 2.05) is 0 Å². The van der Waals surface area contributed by atoms with Crippen LogP contribution in [0.2, 0.25) is 5.02 Å². The van der Waals surface area contributed by atoms with E-state index >= 15 is 0 Å². The van der Waals surface area contributed by atoms with Gasteiger partial charge in [0.2, 0.25) is 0 Å². The van der Waals surface area contributed by atoms with Gasteiger partial charge in [-0.15, -0.1) is 0 Å². The van der Waals surface area contributed by atoms with Crippen LogP contribution < -0.4 is 5.32 Å². The second-order valence-electron chi connectivity index (χ2n) is 4.38. The van der Waals surface area contributed by atoms with E-state index in [-0.39, 0.29) is 16.3 Å². The van der Waals surface area contributed by atoms with Crippen LogP contribution in [0.3, 0.4) is 0 Å². The van der Waals surface area contributed by atoms with Crippen LogP contribution in [0.25, 0.3) is 0 Å². The lowest BCUT2D eigenvalue weighted by Crippen LogP contribution is -2.21. The molecule has 23 heavy (non-hydrogen) atoms. The average Bonchev–Trinajstić information content (AvgIpc) is 2.51. The van der Waals surface area contributed by atoms with Gasteiger partial charge in [-0.05, 0) is 30.3 Å². The summed E-state index contributed by atoms with van der Waals surface area (Å²) in [5.41, 5.74) is -0.235. The van der Waals surface area contributed by atoms with Crippen LogP contribution in [0.4, 0.5) is 18.9 Å². The summed E-state index contributed by atoms with van der Waals surface area (Å²) >= 11 is 5.72. The van der Waals surface area contributed by atoms with Gasteiger partial charge in [0.05, 0.1) is 10.6 Å². The minimum absolute atomic E-state index is 0.00580. The first-order valence-electron chi connectivity index (χ1n) is 6.24. The number of hydrogen-bond donors (Lipinski definition) is 1. The maximum absolute atomic E-state index is 13.1. The van der Waals surface area contributed by atoms with Crippen molar-refractivity contribution in [1.82, 2.24) is 0 Å². The lowest BCUT2D eigenvalue weighted by Gasteiger charge is -2.08. The molecule has 0 unspecified atom stereocenters. The Labute approximate surface area is 133 Å². The molecule has 2 aromatic carbocycles. The summed E-state index contributed by atoms with van der Waals surface area (Å²) in [4.78, 5) is 23.3. The minimum atomic E-state index is -1.13. The van der Waals surface area contributed by atoms with E-state index in [0.29, 0.717) is 0 Å². The fraction of sp³-hybridized carbons (Fsp3) is 0.0667. The predicted molar refractivity (Wildman–Crippen MR) is 76.7 cm³/mol. The zero-order chi connectivity index (χ0) is 17.0. The Bertz CT molecular complexity index is 768. The average molecular weight is 344 g/mol. The smallest absolute Gasteiger partial charge is 0.340 e. The lowest BCUT2D eigenvalue weighted by molar-refractivity contribution is -0.119. The van der Waals surface area contributed by atoms with E-state index in [0.717, 1.165) is 30.3 Å². The summed E-state index contributed by atoms with van der Waals surface area (Å²) < 4.78 is 43.5. The fourth-order valence-corrected chi connectivity index (χ4v) is 1.83. The van der Waals surface area contributed by atoms with Crippen LogP contribution in [0.15, 0.2) is 36.4 Å². The Balaban J connectivity index is 1.94. The summed E-state index contributed by atoms with van der Waals surface area (Å²) in [6, 6.07) is 5.87. The number of nitrogens with one attached hydrogen (secondary N) is 1. The summed E-state index contributed by atoms with van der Waals surface area (Å²) in [6.45, 7) is -0.704. The van der Waals surface area contributed by atoms with Crippen molar-refractivity contribution in [1.29, 1.82) is 0 Å². The molecule has 0 radical (unpaired) electrons. The normalized spacial score (nSPS) is 10.3. The van der Waals surface area contributed by atoms with Gasteiger partial charge in [-0.1, -0.05) is 11.6 Å². The minimum Gasteiger partial charge on any atom is -0.452 e. The van der Waals surface area contributed by atoms with Crippen LogP contribution in [-0.4, -0.2) is 18.5 Å². The van der Waals surface area contributed by atoms with Gasteiger partial charge in [-0.3, -0.25) is 4.79 Å². The highest BCUT2D eigenvalue weighted by Crippen LogP contribution is 2.18. The fourth-order valence-electron chi connectivity index (χ4n) is 1.63. The van der Waals surface area contributed by atoms with Gasteiger partial charge in [0, 0.05) is 11.8 Å². The molecule has 0 atom stereocenters. The van der Waals surface area contributed by atoms with Crippen molar-refractivity contribution in [2.24, 2.45) is 0 Å². The molecule has 0 aliphatic carbocycles. The van der Waals surface area contributed by atoms with Gasteiger partial charge < -0.3 is 10.1 Å². The van der Waals surface area contributed by atoms with E-state index < -0.39 is 35.9 Å². The Morgan fingerprint density at radius 2 is 1.78 bits per heavy atom. The van der Waals surface area contributed by atoms with E-state index in [2.05, 4.69) is 10.1 Å². The topological polar surface area (TPSA) is 55.4 Å². The maximum Gasteiger partial charge on any atom is 0.340 e. The number of carbonyl (C=O) groups excluding carboxylic acids is 2. The molecule has 0 saturated carbocycles. The number of halogens is 4. The molecule has 8 heteroatoms. The molecular formula is C15H9ClF3NO3. The molecule has 4 nitrogen and oxygen atoms in total. The third kappa shape index (κ3) is 4.46. The van der Waals surface area contributed by atoms with E-state index in [1.165, 1.54) is 6.07 Å². The number of anilines is 1. The zero-order valence-corrected chi connectivity index (χ0v) is 12.2. The molecule has 0 aliphatic heterocycles. The van der Waals surface area contributed by atoms with Crippen LogP contribution in [0.1, 0.15) is 10.4 Å². The van der Waals surface area contributed by atoms with Crippen LogP contribution in [-0.2, 0) is 9.53 Å². The van der Waals surface area contributed by atoms with Crippen molar-refractivity contribution in [2.45, 2.75) is 0 Å². The van der Waals surface area contributed by atoms with Crippen molar-refractivity contribution in [2.75, 3.05) is 11.9 Å². The lowest BCUT2D eigenvalue weighted by atomic mass is 10.2. The van der Waals surface area contributed by atoms with Crippen molar-refractivity contribution in [3.63, 3.8) is 0 Å². The number of esters is 1. The highest BCUT2D eigenvalue weighted by molar-refractivity contribution is 6.33. The van der Waals surface area contributed by atoms with Gasteiger partial charge in [0.25, 0.3) is 5.91 Å². The first kappa shape index (κ1) is 16.8. The number of amides is 1. The van der Waals surface area contributed by atoms with Crippen LogP contribution in [0, 0.1) is 17.5 Å². The number of hydrogen-bond acceptors (Lipinski definition) is 3. The molecular weight excluding hydrogens is 335 g/mol. The standard InChI is InChI=1S/C15H9ClF3NO3/c16-11-3-1-8(17)5-10(11)15(22)23-7-14(21)20-9-2-4-12(18)13(19)6-9/h1-6H,7H2,(H,20,21). The summed E-state index contributed by atoms with van der Waals surface area (Å²) in [6.07, 6.45) is 0. The maximum atomic E-state index is 13.1. The number of ether oxygens (including phenoxy) is 1. The monoisotopic (exact) mass is 343 g/mol. The van der Waals surface area contributed by atoms with Crippen molar-refractivity contribution < 1.29 is 27.5 Å². The molecule has 0 saturated heterocycles. The number of rotatable bonds is 4. The Morgan fingerprint density at radius 3 is 2.48 bits per heavy atom. The Kier molecular flexibility index (Phi) is 5.23. The Hall–Kier alpha value is -2.54. The second kappa shape index (κ2) is 7.15. The molecule has 0 heterocycles. The quantitative estimate of drug-likeness (QED) is 0.864. The van der Waals surface area contributed by atoms with Crippen molar-refractivity contribution in [3.05, 3.63) is 64.4 Å². The second-order valence-corrected chi connectivity index (χ2v) is 4.78. The summed E-state index contributed by atoms with van der Waals surface area (Å²) in [5.74, 6) is -4.65. The molecule has 2 aromatic rings. The molecule has 0 aromatic heterocycles. The molecule has 0 fully saturated rings. The molecule has 0 aliphatic rings. The highest BCUT2D eigenvalue weighted by Gasteiger charge is 2.15. The molecule has 1 amide bonds. The summed E-state index contributed by atoms with van der Waals surface area (Å²) in [7, 11) is 0.